The van der Waals surface area contributed by atoms with Crippen LogP contribution >= 0.6 is 0 Å². The topological polar surface area (TPSA) is 38.7 Å². The molecule has 4 rings (SSSR count). The van der Waals surface area contributed by atoms with Crippen LogP contribution < -0.4 is 5.32 Å². The largest absolute Gasteiger partial charge is 0.392 e. The van der Waals surface area contributed by atoms with Crippen LogP contribution in [0.2, 0.25) is 0 Å². The van der Waals surface area contributed by atoms with Gasteiger partial charge in [0.25, 0.3) is 0 Å². The first-order chi connectivity index (χ1) is 14.5. The van der Waals surface area contributed by atoms with Gasteiger partial charge in [-0.05, 0) is 48.9 Å². The molecule has 0 saturated carbocycles. The van der Waals surface area contributed by atoms with Crippen LogP contribution in [-0.4, -0.2) is 46.6 Å². The summed E-state index contributed by atoms with van der Waals surface area (Å²) in [7, 11) is 0. The van der Waals surface area contributed by atoms with Crippen LogP contribution in [0.5, 0.6) is 0 Å². The van der Waals surface area contributed by atoms with Gasteiger partial charge in [0.1, 0.15) is 0 Å². The second-order valence-electron chi connectivity index (χ2n) is 9.27. The molecule has 0 radical (unpaired) electrons. The number of nitrogens with one attached hydrogen (secondary N) is 1. The number of piperazine rings is 1. The number of hydrogen-bond donors (Lipinski definition) is 2. The molecular weight excluding hydrogens is 370 g/mol. The minimum Gasteiger partial charge on any atom is -0.392 e. The molecular formula is C26H35N3O. The Labute approximate surface area is 181 Å². The lowest BCUT2D eigenvalue weighted by Gasteiger charge is -2.36. The molecule has 2 aromatic rings. The van der Waals surface area contributed by atoms with Crippen LogP contribution in [0.25, 0.3) is 5.70 Å². The average Bonchev–Trinajstić information content (AvgIpc) is 3.24. The van der Waals surface area contributed by atoms with Crippen molar-refractivity contribution >= 4 is 5.70 Å². The van der Waals surface area contributed by atoms with Crippen molar-refractivity contribution < 1.29 is 5.11 Å². The summed E-state index contributed by atoms with van der Waals surface area (Å²) >= 11 is 0. The highest BCUT2D eigenvalue weighted by atomic mass is 16.3. The van der Waals surface area contributed by atoms with E-state index in [4.69, 9.17) is 0 Å². The Morgan fingerprint density at radius 2 is 1.73 bits per heavy atom. The lowest BCUT2D eigenvalue weighted by molar-refractivity contribution is 0.109. The number of fused-ring (bicyclic) bond motifs is 1. The third kappa shape index (κ3) is 4.46. The Kier molecular flexibility index (Phi) is 6.28. The van der Waals surface area contributed by atoms with Crippen LogP contribution in [-0.2, 0) is 26.1 Å². The molecule has 0 aromatic heterocycles. The van der Waals surface area contributed by atoms with Gasteiger partial charge in [-0.25, -0.2) is 0 Å². The fourth-order valence-corrected chi connectivity index (χ4v) is 4.65. The van der Waals surface area contributed by atoms with Gasteiger partial charge in [-0.2, -0.15) is 0 Å². The zero-order valence-electron chi connectivity index (χ0n) is 18.5. The van der Waals surface area contributed by atoms with Crippen LogP contribution in [0.3, 0.4) is 0 Å². The molecule has 4 nitrogen and oxygen atoms in total. The summed E-state index contributed by atoms with van der Waals surface area (Å²) in [6.45, 7) is 15.4. The Morgan fingerprint density at radius 1 is 1.03 bits per heavy atom. The molecule has 2 aliphatic heterocycles. The zero-order chi connectivity index (χ0) is 21.1. The van der Waals surface area contributed by atoms with Gasteiger partial charge in [0.2, 0.25) is 0 Å². The van der Waals surface area contributed by atoms with E-state index in [-0.39, 0.29) is 12.1 Å². The molecule has 30 heavy (non-hydrogen) atoms. The monoisotopic (exact) mass is 405 g/mol. The second kappa shape index (κ2) is 8.93. The zero-order valence-corrected chi connectivity index (χ0v) is 18.5. The molecule has 0 aliphatic carbocycles. The van der Waals surface area contributed by atoms with Crippen molar-refractivity contribution in [2.24, 2.45) is 0 Å². The summed E-state index contributed by atoms with van der Waals surface area (Å²) in [6, 6.07) is 15.1. The first-order valence-electron chi connectivity index (χ1n) is 11.2. The maximum absolute atomic E-state index is 9.24. The van der Waals surface area contributed by atoms with E-state index >= 15 is 0 Å². The van der Waals surface area contributed by atoms with Crippen molar-refractivity contribution in [3.63, 3.8) is 0 Å². The van der Waals surface area contributed by atoms with Crippen LogP contribution in [0.1, 0.15) is 48.1 Å². The van der Waals surface area contributed by atoms with Gasteiger partial charge >= 0.3 is 0 Å². The number of hydrogen-bond acceptors (Lipinski definition) is 4. The molecule has 1 fully saturated rings. The Bertz CT molecular complexity index is 882. The normalized spacial score (nSPS) is 17.2. The molecule has 2 aromatic carbocycles. The highest BCUT2D eigenvalue weighted by molar-refractivity contribution is 5.67. The maximum atomic E-state index is 9.24. The van der Waals surface area contributed by atoms with Crippen LogP contribution in [0.4, 0.5) is 0 Å². The Hall–Kier alpha value is -2.14. The molecule has 2 N–H and O–H groups in total. The van der Waals surface area contributed by atoms with E-state index in [0.717, 1.165) is 57.7 Å². The molecule has 0 amide bonds. The molecule has 2 aliphatic rings. The summed E-state index contributed by atoms with van der Waals surface area (Å²) < 4.78 is 0. The van der Waals surface area contributed by atoms with Gasteiger partial charge in [-0.3, -0.25) is 4.90 Å². The van der Waals surface area contributed by atoms with E-state index < -0.39 is 0 Å². The van der Waals surface area contributed by atoms with E-state index in [9.17, 15) is 5.11 Å². The van der Waals surface area contributed by atoms with Gasteiger partial charge in [0, 0.05) is 56.1 Å². The Morgan fingerprint density at radius 3 is 2.43 bits per heavy atom. The van der Waals surface area contributed by atoms with Crippen LogP contribution in [0, 0.1) is 0 Å². The van der Waals surface area contributed by atoms with Crippen molar-refractivity contribution in [1.29, 1.82) is 0 Å². The van der Waals surface area contributed by atoms with Crippen molar-refractivity contribution in [2.75, 3.05) is 26.2 Å². The minimum absolute atomic E-state index is 0.110. The summed E-state index contributed by atoms with van der Waals surface area (Å²) in [5.41, 5.74) is 7.84. The summed E-state index contributed by atoms with van der Waals surface area (Å²) in [6.07, 6.45) is 2.15. The first kappa shape index (κ1) is 21.1. The molecule has 0 atom stereocenters. The highest BCUT2D eigenvalue weighted by Gasteiger charge is 2.33. The average molecular weight is 406 g/mol. The van der Waals surface area contributed by atoms with Crippen molar-refractivity contribution in [3.05, 3.63) is 76.9 Å². The molecule has 160 valence electrons. The highest BCUT2D eigenvalue weighted by Crippen LogP contribution is 2.36. The smallest absolute Gasteiger partial charge is 0.0681 e. The van der Waals surface area contributed by atoms with Crippen molar-refractivity contribution in [3.8, 4) is 0 Å². The predicted octanol–water partition coefficient (Wildman–Crippen LogP) is 3.78. The molecule has 0 unspecified atom stereocenters. The van der Waals surface area contributed by atoms with E-state index in [0.29, 0.717) is 0 Å². The molecule has 0 bridgehead atoms. The molecule has 4 heteroatoms. The fraction of sp³-hybridized carbons (Fsp3) is 0.462. The number of nitrogens with zero attached hydrogens (tertiary/aromatic N) is 2. The number of aryl methyl sites for hydroxylation is 1. The molecule has 1 saturated heterocycles. The van der Waals surface area contributed by atoms with Crippen molar-refractivity contribution in [2.45, 2.75) is 51.9 Å². The SMILES string of the molecule is C=C(c1cccc2c1CN(C(C)(C)CCc1ccc(CO)cc1)C2)N1CCNCC1. The van der Waals surface area contributed by atoms with Gasteiger partial charge < -0.3 is 15.3 Å². The summed E-state index contributed by atoms with van der Waals surface area (Å²) in [5, 5.41) is 12.7. The lowest BCUT2D eigenvalue weighted by atomic mass is 9.93. The van der Waals surface area contributed by atoms with E-state index in [1.807, 2.05) is 12.1 Å². The third-order valence-corrected chi connectivity index (χ3v) is 6.88. The van der Waals surface area contributed by atoms with Gasteiger partial charge in [0.15, 0.2) is 0 Å². The van der Waals surface area contributed by atoms with Crippen LogP contribution in [0.15, 0.2) is 49.0 Å². The van der Waals surface area contributed by atoms with Crippen molar-refractivity contribution in [1.82, 2.24) is 15.1 Å². The fourth-order valence-electron chi connectivity index (χ4n) is 4.65. The van der Waals surface area contributed by atoms with Gasteiger partial charge in [-0.1, -0.05) is 49.0 Å². The van der Waals surface area contributed by atoms with E-state index in [1.54, 1.807) is 0 Å². The van der Waals surface area contributed by atoms with E-state index in [1.165, 1.54) is 28.0 Å². The number of benzene rings is 2. The molecule has 0 spiro atoms. The first-order valence-corrected chi connectivity index (χ1v) is 11.2. The number of aliphatic hydroxyl groups excluding tert-OH is 1. The van der Waals surface area contributed by atoms with Gasteiger partial charge in [-0.15, -0.1) is 0 Å². The quantitative estimate of drug-likeness (QED) is 0.735. The van der Waals surface area contributed by atoms with Gasteiger partial charge in [0.05, 0.1) is 6.61 Å². The third-order valence-electron chi connectivity index (χ3n) is 6.88. The predicted molar refractivity (Wildman–Crippen MR) is 124 cm³/mol. The second-order valence-corrected chi connectivity index (χ2v) is 9.27. The standard InChI is InChI=1S/C26H35N3O/c1-20(28-15-13-27-14-16-28)24-6-4-5-23-17-29(18-25(23)24)26(2,3)12-11-21-7-9-22(19-30)10-8-21/h4-10,27,30H,1,11-19H2,2-3H3. The minimum atomic E-state index is 0.110. The summed E-state index contributed by atoms with van der Waals surface area (Å²) in [4.78, 5) is 5.05. The lowest BCUT2D eigenvalue weighted by Crippen LogP contribution is -2.42. The summed E-state index contributed by atoms with van der Waals surface area (Å²) in [5.74, 6) is 0. The number of rotatable bonds is 7. The Balaban J connectivity index is 1.44. The molecule has 2 heterocycles. The maximum Gasteiger partial charge on any atom is 0.0681 e. The number of aliphatic hydroxyl groups is 1. The van der Waals surface area contributed by atoms with E-state index in [2.05, 4.69) is 65.9 Å².